The van der Waals surface area contributed by atoms with Gasteiger partial charge in [-0.2, -0.15) is 0 Å². The summed E-state index contributed by atoms with van der Waals surface area (Å²) < 4.78 is 41.0. The molecule has 9 heteroatoms. The fraction of sp³-hybridized carbons (Fsp3) is 0.222. The summed E-state index contributed by atoms with van der Waals surface area (Å²) in [6.45, 7) is -0.0188. The smallest absolute Gasteiger partial charge is 0.406 e. The lowest BCUT2D eigenvalue weighted by molar-refractivity contribution is -0.274. The van der Waals surface area contributed by atoms with Crippen molar-refractivity contribution in [1.82, 2.24) is 10.2 Å². The van der Waals surface area contributed by atoms with Gasteiger partial charge >= 0.3 is 6.36 Å². The molecule has 2 rings (SSSR count). The van der Waals surface area contributed by atoms with Crippen LogP contribution >= 0.6 is 15.9 Å². The monoisotopic (exact) mass is 444 g/mol. The second kappa shape index (κ2) is 8.90. The molecular formula is C18H16BrF3N2O3. The molecule has 0 radical (unpaired) electrons. The largest absolute Gasteiger partial charge is 0.573 e. The van der Waals surface area contributed by atoms with Crippen LogP contribution in [0.15, 0.2) is 53.0 Å². The molecule has 0 saturated heterocycles. The van der Waals surface area contributed by atoms with E-state index in [4.69, 9.17) is 0 Å². The summed E-state index contributed by atoms with van der Waals surface area (Å²) in [7, 11) is 1.54. The van der Waals surface area contributed by atoms with E-state index in [2.05, 4.69) is 26.0 Å². The Balaban J connectivity index is 1.85. The third kappa shape index (κ3) is 6.93. The predicted octanol–water partition coefficient (Wildman–Crippen LogP) is 3.74. The zero-order valence-corrected chi connectivity index (χ0v) is 15.8. The van der Waals surface area contributed by atoms with Crippen LogP contribution in [-0.2, 0) is 11.3 Å². The van der Waals surface area contributed by atoms with Crippen LogP contribution < -0.4 is 10.1 Å². The van der Waals surface area contributed by atoms with E-state index in [-0.39, 0.29) is 30.7 Å². The van der Waals surface area contributed by atoms with Crippen molar-refractivity contribution < 1.29 is 27.5 Å². The normalized spacial score (nSPS) is 11.0. The summed E-state index contributed by atoms with van der Waals surface area (Å²) in [4.78, 5) is 25.5. The van der Waals surface area contributed by atoms with Gasteiger partial charge in [0.2, 0.25) is 5.91 Å². The van der Waals surface area contributed by atoms with Crippen LogP contribution in [0.2, 0.25) is 0 Å². The summed E-state index contributed by atoms with van der Waals surface area (Å²) in [5.74, 6) is -1.05. The van der Waals surface area contributed by atoms with E-state index in [9.17, 15) is 22.8 Å². The third-order valence-corrected chi connectivity index (χ3v) is 3.98. The zero-order chi connectivity index (χ0) is 20.0. The Hall–Kier alpha value is -2.55. The molecule has 0 unspecified atom stereocenters. The first-order valence-electron chi connectivity index (χ1n) is 7.76. The van der Waals surface area contributed by atoms with Crippen molar-refractivity contribution in [2.24, 2.45) is 0 Å². The van der Waals surface area contributed by atoms with Gasteiger partial charge in [-0.1, -0.05) is 34.1 Å². The minimum absolute atomic E-state index is 0.178. The van der Waals surface area contributed by atoms with Gasteiger partial charge in [0.15, 0.2) is 0 Å². The van der Waals surface area contributed by atoms with Crippen molar-refractivity contribution in [2.45, 2.75) is 12.9 Å². The zero-order valence-electron chi connectivity index (χ0n) is 14.2. The van der Waals surface area contributed by atoms with Gasteiger partial charge in [-0.05, 0) is 35.9 Å². The average molecular weight is 445 g/mol. The molecule has 0 saturated carbocycles. The molecule has 1 N–H and O–H groups in total. The molecule has 144 valence electrons. The quantitative estimate of drug-likeness (QED) is 0.738. The Morgan fingerprint density at radius 1 is 1.15 bits per heavy atom. The minimum Gasteiger partial charge on any atom is -0.406 e. The first-order valence-corrected chi connectivity index (χ1v) is 8.56. The summed E-state index contributed by atoms with van der Waals surface area (Å²) >= 11 is 3.27. The van der Waals surface area contributed by atoms with Gasteiger partial charge in [-0.3, -0.25) is 9.59 Å². The standard InChI is InChI=1S/C18H16BrF3N2O3/c1-24(11-12-5-7-15(8-6-12)27-18(20,21)22)16(25)10-23-17(26)13-3-2-4-14(19)9-13/h2-9H,10-11H2,1H3,(H,23,26). The van der Waals surface area contributed by atoms with Crippen LogP contribution in [0.25, 0.3) is 0 Å². The van der Waals surface area contributed by atoms with Crippen molar-refractivity contribution in [3.05, 3.63) is 64.1 Å². The fourth-order valence-electron chi connectivity index (χ4n) is 2.18. The van der Waals surface area contributed by atoms with E-state index >= 15 is 0 Å². The maximum atomic E-state index is 12.1. The highest BCUT2D eigenvalue weighted by molar-refractivity contribution is 9.10. The van der Waals surface area contributed by atoms with Crippen LogP contribution in [0.4, 0.5) is 13.2 Å². The molecule has 2 amide bonds. The van der Waals surface area contributed by atoms with E-state index in [0.717, 1.165) is 4.47 Å². The lowest BCUT2D eigenvalue weighted by Gasteiger charge is -2.18. The number of halogens is 4. The second-order valence-corrected chi connectivity index (χ2v) is 6.55. The Kier molecular flexibility index (Phi) is 6.84. The van der Waals surface area contributed by atoms with Gasteiger partial charge in [0, 0.05) is 23.6 Å². The molecule has 0 aliphatic rings. The Morgan fingerprint density at radius 2 is 1.81 bits per heavy atom. The second-order valence-electron chi connectivity index (χ2n) is 5.63. The molecule has 2 aromatic rings. The number of rotatable bonds is 6. The molecule has 0 bridgehead atoms. The maximum Gasteiger partial charge on any atom is 0.573 e. The summed E-state index contributed by atoms with van der Waals surface area (Å²) in [5, 5.41) is 2.53. The number of alkyl halides is 3. The number of amides is 2. The van der Waals surface area contributed by atoms with E-state index in [1.807, 2.05) is 0 Å². The van der Waals surface area contributed by atoms with Gasteiger partial charge in [-0.15, -0.1) is 13.2 Å². The van der Waals surface area contributed by atoms with Crippen molar-refractivity contribution in [2.75, 3.05) is 13.6 Å². The highest BCUT2D eigenvalue weighted by Gasteiger charge is 2.30. The summed E-state index contributed by atoms with van der Waals surface area (Å²) in [5.41, 5.74) is 1.04. The van der Waals surface area contributed by atoms with Crippen LogP contribution in [0.1, 0.15) is 15.9 Å². The number of nitrogens with zero attached hydrogens (tertiary/aromatic N) is 1. The summed E-state index contributed by atoms with van der Waals surface area (Å²) in [6, 6.07) is 12.0. The Bertz CT molecular complexity index is 810. The van der Waals surface area contributed by atoms with Gasteiger partial charge in [0.25, 0.3) is 5.91 Å². The highest BCUT2D eigenvalue weighted by atomic mass is 79.9. The fourth-order valence-corrected chi connectivity index (χ4v) is 2.58. The molecule has 0 atom stereocenters. The number of carbonyl (C=O) groups is 2. The molecule has 27 heavy (non-hydrogen) atoms. The molecule has 0 fully saturated rings. The van der Waals surface area contributed by atoms with Crippen LogP contribution in [0.3, 0.4) is 0 Å². The SMILES string of the molecule is CN(Cc1ccc(OC(F)(F)F)cc1)C(=O)CNC(=O)c1cccc(Br)c1. The number of benzene rings is 2. The molecule has 0 aromatic heterocycles. The first-order chi connectivity index (χ1) is 12.6. The molecule has 0 heterocycles. The molecular weight excluding hydrogens is 429 g/mol. The molecule has 5 nitrogen and oxygen atoms in total. The van der Waals surface area contributed by atoms with E-state index in [1.54, 1.807) is 24.3 Å². The maximum absolute atomic E-state index is 12.1. The van der Waals surface area contributed by atoms with E-state index < -0.39 is 6.36 Å². The van der Waals surface area contributed by atoms with Crippen molar-refractivity contribution in [1.29, 1.82) is 0 Å². The molecule has 0 spiro atoms. The van der Waals surface area contributed by atoms with Gasteiger partial charge in [0.05, 0.1) is 6.54 Å². The average Bonchev–Trinajstić information content (AvgIpc) is 2.59. The number of carbonyl (C=O) groups excluding carboxylic acids is 2. The molecule has 0 aliphatic carbocycles. The third-order valence-electron chi connectivity index (χ3n) is 3.49. The van der Waals surface area contributed by atoms with Crippen LogP contribution in [-0.4, -0.2) is 36.7 Å². The Labute approximate surface area is 162 Å². The van der Waals surface area contributed by atoms with E-state index in [0.29, 0.717) is 11.1 Å². The minimum atomic E-state index is -4.75. The van der Waals surface area contributed by atoms with Crippen LogP contribution in [0, 0.1) is 0 Å². The van der Waals surface area contributed by atoms with Gasteiger partial charge in [-0.25, -0.2) is 0 Å². The van der Waals surface area contributed by atoms with E-state index in [1.165, 1.54) is 36.2 Å². The predicted molar refractivity (Wildman–Crippen MR) is 96.1 cm³/mol. The number of nitrogens with one attached hydrogen (secondary N) is 1. The number of hydrogen-bond acceptors (Lipinski definition) is 3. The molecule has 0 aliphatic heterocycles. The first kappa shape index (κ1) is 20.8. The highest BCUT2D eigenvalue weighted by Crippen LogP contribution is 2.23. The lowest BCUT2D eigenvalue weighted by atomic mass is 10.2. The molecule has 2 aromatic carbocycles. The Morgan fingerprint density at radius 3 is 2.41 bits per heavy atom. The van der Waals surface area contributed by atoms with Crippen molar-refractivity contribution >= 4 is 27.7 Å². The number of ether oxygens (including phenoxy) is 1. The summed E-state index contributed by atoms with van der Waals surface area (Å²) in [6.07, 6.45) is -4.75. The number of hydrogen-bond donors (Lipinski definition) is 1. The van der Waals surface area contributed by atoms with Crippen molar-refractivity contribution in [3.63, 3.8) is 0 Å². The van der Waals surface area contributed by atoms with Crippen LogP contribution in [0.5, 0.6) is 5.75 Å². The lowest BCUT2D eigenvalue weighted by Crippen LogP contribution is -2.37. The number of likely N-dealkylation sites (N-methyl/N-ethyl adjacent to an activating group) is 1. The van der Waals surface area contributed by atoms with Crippen molar-refractivity contribution in [3.8, 4) is 5.75 Å². The van der Waals surface area contributed by atoms with Gasteiger partial charge < -0.3 is 15.0 Å². The van der Waals surface area contributed by atoms with Gasteiger partial charge in [0.1, 0.15) is 5.75 Å². The topological polar surface area (TPSA) is 58.6 Å².